The van der Waals surface area contributed by atoms with E-state index in [1.54, 1.807) is 0 Å². The third-order valence-electron chi connectivity index (χ3n) is 4.91. The highest BCUT2D eigenvalue weighted by Crippen LogP contribution is 2.56. The molecule has 0 spiro atoms. The van der Waals surface area contributed by atoms with Gasteiger partial charge in [0.25, 0.3) is 0 Å². The Morgan fingerprint density at radius 2 is 2.27 bits per heavy atom. The van der Waals surface area contributed by atoms with E-state index < -0.39 is 0 Å². The third kappa shape index (κ3) is 1.63. The molecule has 1 N–H and O–H groups in total. The summed E-state index contributed by atoms with van der Waals surface area (Å²) >= 11 is 0. The van der Waals surface area contributed by atoms with Crippen LogP contribution in [-0.4, -0.2) is 17.5 Å². The lowest BCUT2D eigenvalue weighted by atomic mass is 9.62. The van der Waals surface area contributed by atoms with E-state index in [0.29, 0.717) is 23.5 Å². The number of hydrogen-bond acceptors (Lipinski definition) is 2. The van der Waals surface area contributed by atoms with Gasteiger partial charge in [0.05, 0.1) is 0 Å². The maximum atomic E-state index is 11.9. The van der Waals surface area contributed by atoms with Gasteiger partial charge in [-0.3, -0.25) is 4.79 Å². The van der Waals surface area contributed by atoms with Crippen molar-refractivity contribution in [1.82, 2.24) is 0 Å². The van der Waals surface area contributed by atoms with Crippen molar-refractivity contribution in [1.29, 1.82) is 0 Å². The lowest BCUT2D eigenvalue weighted by Crippen LogP contribution is -2.39. The van der Waals surface area contributed by atoms with Crippen LogP contribution in [0, 0.1) is 23.2 Å². The van der Waals surface area contributed by atoms with Gasteiger partial charge in [-0.2, -0.15) is 0 Å². The van der Waals surface area contributed by atoms with Crippen molar-refractivity contribution >= 4 is 5.78 Å². The molecule has 2 nitrogen and oxygen atoms in total. The average Bonchev–Trinajstić information content (AvgIpc) is 2.56. The summed E-state index contributed by atoms with van der Waals surface area (Å²) in [6, 6.07) is 0. The number of aliphatic hydroxyl groups excluding tert-OH is 1. The van der Waals surface area contributed by atoms with E-state index in [2.05, 4.69) is 13.8 Å². The Morgan fingerprint density at radius 3 is 2.93 bits per heavy atom. The summed E-state index contributed by atoms with van der Waals surface area (Å²) in [7, 11) is 0. The van der Waals surface area contributed by atoms with Crippen molar-refractivity contribution in [3.8, 4) is 0 Å². The fourth-order valence-corrected chi connectivity index (χ4v) is 4.03. The molecule has 2 aliphatic carbocycles. The first-order chi connectivity index (χ1) is 7.09. The molecule has 0 saturated heterocycles. The standard InChI is InChI=1S/C13H22O2/c1-9(8-14)10-5-6-11-12(15)4-3-7-13(10,11)2/h9-11,14H,3-8H2,1-2H3/t9-,10+,11-,13+/m0/s1. The van der Waals surface area contributed by atoms with Crippen molar-refractivity contribution in [2.75, 3.05) is 6.61 Å². The molecule has 0 aromatic rings. The van der Waals surface area contributed by atoms with Gasteiger partial charge in [-0.05, 0) is 42.9 Å². The zero-order valence-corrected chi connectivity index (χ0v) is 9.83. The van der Waals surface area contributed by atoms with Crippen LogP contribution < -0.4 is 0 Å². The van der Waals surface area contributed by atoms with Crippen LogP contribution >= 0.6 is 0 Å². The largest absolute Gasteiger partial charge is 0.396 e. The molecule has 0 amide bonds. The first-order valence-corrected chi connectivity index (χ1v) is 6.23. The zero-order chi connectivity index (χ0) is 11.1. The monoisotopic (exact) mass is 210 g/mol. The summed E-state index contributed by atoms with van der Waals surface area (Å²) in [6.07, 6.45) is 5.22. The van der Waals surface area contributed by atoms with Gasteiger partial charge in [0.15, 0.2) is 0 Å². The Balaban J connectivity index is 2.21. The molecule has 2 saturated carbocycles. The van der Waals surface area contributed by atoms with Gasteiger partial charge in [0, 0.05) is 18.9 Å². The fraction of sp³-hybridized carbons (Fsp3) is 0.923. The Labute approximate surface area is 92.1 Å². The molecule has 2 aliphatic rings. The van der Waals surface area contributed by atoms with Gasteiger partial charge in [0.1, 0.15) is 5.78 Å². The molecule has 0 unspecified atom stereocenters. The van der Waals surface area contributed by atoms with E-state index in [4.69, 9.17) is 0 Å². The van der Waals surface area contributed by atoms with Crippen LogP contribution in [0.25, 0.3) is 0 Å². The highest BCUT2D eigenvalue weighted by Gasteiger charge is 2.52. The lowest BCUT2D eigenvalue weighted by Gasteiger charge is -2.41. The molecule has 0 aromatic carbocycles. The van der Waals surface area contributed by atoms with Crippen molar-refractivity contribution in [3.63, 3.8) is 0 Å². The van der Waals surface area contributed by atoms with Crippen LogP contribution in [0.3, 0.4) is 0 Å². The average molecular weight is 210 g/mol. The summed E-state index contributed by atoms with van der Waals surface area (Å²) in [5.74, 6) is 1.68. The van der Waals surface area contributed by atoms with Gasteiger partial charge in [0.2, 0.25) is 0 Å². The van der Waals surface area contributed by atoms with Crippen molar-refractivity contribution < 1.29 is 9.90 Å². The molecule has 0 bridgehead atoms. The Hall–Kier alpha value is -0.370. The van der Waals surface area contributed by atoms with E-state index >= 15 is 0 Å². The van der Waals surface area contributed by atoms with Gasteiger partial charge in [-0.25, -0.2) is 0 Å². The highest BCUT2D eigenvalue weighted by molar-refractivity contribution is 5.83. The fourth-order valence-electron chi connectivity index (χ4n) is 4.03. The summed E-state index contributed by atoms with van der Waals surface area (Å²) < 4.78 is 0. The minimum absolute atomic E-state index is 0.192. The van der Waals surface area contributed by atoms with Crippen molar-refractivity contribution in [2.45, 2.75) is 46.0 Å². The topological polar surface area (TPSA) is 37.3 Å². The van der Waals surface area contributed by atoms with Crippen LogP contribution in [0.15, 0.2) is 0 Å². The number of Topliss-reactive ketones (excluding diaryl/α,β-unsaturated/α-hetero) is 1. The van der Waals surface area contributed by atoms with E-state index in [1.807, 2.05) is 0 Å². The van der Waals surface area contributed by atoms with E-state index in [9.17, 15) is 9.90 Å². The number of ketones is 1. The third-order valence-corrected chi connectivity index (χ3v) is 4.91. The molecule has 15 heavy (non-hydrogen) atoms. The molecule has 2 rings (SSSR count). The molecular weight excluding hydrogens is 188 g/mol. The van der Waals surface area contributed by atoms with Gasteiger partial charge in [-0.15, -0.1) is 0 Å². The highest BCUT2D eigenvalue weighted by atomic mass is 16.3. The molecule has 4 atom stereocenters. The molecule has 0 aromatic heterocycles. The Kier molecular flexibility index (Phi) is 2.89. The van der Waals surface area contributed by atoms with Crippen LogP contribution in [0.2, 0.25) is 0 Å². The van der Waals surface area contributed by atoms with Crippen LogP contribution in [0.1, 0.15) is 46.0 Å². The molecule has 0 aliphatic heterocycles. The van der Waals surface area contributed by atoms with Crippen molar-refractivity contribution in [3.05, 3.63) is 0 Å². The first-order valence-electron chi connectivity index (χ1n) is 6.23. The molecule has 2 heteroatoms. The maximum Gasteiger partial charge on any atom is 0.136 e. The molecule has 2 fully saturated rings. The van der Waals surface area contributed by atoms with Gasteiger partial charge >= 0.3 is 0 Å². The minimum atomic E-state index is 0.192. The lowest BCUT2D eigenvalue weighted by molar-refractivity contribution is -0.130. The normalized spacial score (nSPS) is 42.7. The minimum Gasteiger partial charge on any atom is -0.396 e. The molecule has 86 valence electrons. The molecule has 0 radical (unpaired) electrons. The first kappa shape index (κ1) is 11.1. The summed E-state index contributed by atoms with van der Waals surface area (Å²) in [4.78, 5) is 11.9. The maximum absolute atomic E-state index is 11.9. The van der Waals surface area contributed by atoms with Crippen LogP contribution in [0.5, 0.6) is 0 Å². The quantitative estimate of drug-likeness (QED) is 0.760. The number of carbonyl (C=O) groups is 1. The second-order valence-corrected chi connectivity index (χ2v) is 5.72. The van der Waals surface area contributed by atoms with Crippen LogP contribution in [0.4, 0.5) is 0 Å². The number of hydrogen-bond donors (Lipinski definition) is 1. The second-order valence-electron chi connectivity index (χ2n) is 5.72. The summed E-state index contributed by atoms with van der Waals surface area (Å²) in [5.41, 5.74) is 0.192. The second kappa shape index (κ2) is 3.89. The van der Waals surface area contributed by atoms with E-state index in [0.717, 1.165) is 25.7 Å². The molecular formula is C13H22O2. The smallest absolute Gasteiger partial charge is 0.136 e. The predicted molar refractivity (Wildman–Crippen MR) is 59.4 cm³/mol. The summed E-state index contributed by atoms with van der Waals surface area (Å²) in [6.45, 7) is 4.66. The van der Waals surface area contributed by atoms with Crippen molar-refractivity contribution in [2.24, 2.45) is 23.2 Å². The summed E-state index contributed by atoms with van der Waals surface area (Å²) in [5, 5.41) is 9.28. The number of carbonyl (C=O) groups excluding carboxylic acids is 1. The van der Waals surface area contributed by atoms with E-state index in [-0.39, 0.29) is 12.0 Å². The SMILES string of the molecule is C[C@@H](CO)[C@H]1CC[C@H]2C(=O)CCC[C@]12C. The van der Waals surface area contributed by atoms with Gasteiger partial charge < -0.3 is 5.11 Å². The number of fused-ring (bicyclic) bond motifs is 1. The van der Waals surface area contributed by atoms with Crippen LogP contribution in [-0.2, 0) is 4.79 Å². The Morgan fingerprint density at radius 1 is 1.53 bits per heavy atom. The molecule has 0 heterocycles. The Bertz CT molecular complexity index is 261. The number of aliphatic hydroxyl groups is 1. The zero-order valence-electron chi connectivity index (χ0n) is 9.83. The number of rotatable bonds is 2. The van der Waals surface area contributed by atoms with E-state index in [1.165, 1.54) is 6.42 Å². The van der Waals surface area contributed by atoms with Gasteiger partial charge in [-0.1, -0.05) is 13.8 Å². The predicted octanol–water partition coefficient (Wildman–Crippen LogP) is 2.40.